The molecule has 3 rings (SSSR count). The van der Waals surface area contributed by atoms with Crippen LogP contribution in [0.4, 0.5) is 0 Å². The van der Waals surface area contributed by atoms with Crippen molar-refractivity contribution in [2.75, 3.05) is 6.54 Å². The number of carbonyl (C=O) groups excluding carboxylic acids is 1. The number of nitrogens with one attached hydrogen (secondary N) is 1. The summed E-state index contributed by atoms with van der Waals surface area (Å²) in [4.78, 5) is 16.8. The second-order valence-electron chi connectivity index (χ2n) is 5.82. The summed E-state index contributed by atoms with van der Waals surface area (Å²) in [7, 11) is 0. The third-order valence-electron chi connectivity index (χ3n) is 3.77. The lowest BCUT2D eigenvalue weighted by Gasteiger charge is -2.11. The zero-order valence-corrected chi connectivity index (χ0v) is 15.4. The van der Waals surface area contributed by atoms with Crippen molar-refractivity contribution in [1.82, 2.24) is 20.1 Å². The third kappa shape index (κ3) is 4.90. The molecule has 25 heavy (non-hydrogen) atoms. The minimum Gasteiger partial charge on any atom is -0.355 e. The second kappa shape index (κ2) is 8.27. The largest absolute Gasteiger partial charge is 0.355 e. The highest BCUT2D eigenvalue weighted by Gasteiger charge is 2.14. The Hall–Kier alpha value is -2.18. The lowest BCUT2D eigenvalue weighted by molar-refractivity contribution is -0.124. The fraction of sp³-hybridized carbons (Fsp3) is 0.278. The molecule has 7 heteroatoms. The number of aromatic nitrogens is 3. The van der Waals surface area contributed by atoms with Gasteiger partial charge in [-0.25, -0.2) is 4.98 Å². The van der Waals surface area contributed by atoms with Crippen LogP contribution >= 0.6 is 22.9 Å². The van der Waals surface area contributed by atoms with E-state index in [9.17, 15) is 4.79 Å². The number of hydrogen-bond donors (Lipinski definition) is 1. The van der Waals surface area contributed by atoms with Crippen molar-refractivity contribution >= 4 is 28.8 Å². The Bertz CT molecular complexity index is 830. The van der Waals surface area contributed by atoms with E-state index >= 15 is 0 Å². The summed E-state index contributed by atoms with van der Waals surface area (Å²) in [5.74, 6) is -0.168. The molecule has 0 unspecified atom stereocenters. The maximum atomic E-state index is 12.2. The van der Waals surface area contributed by atoms with Crippen molar-refractivity contribution in [3.05, 3.63) is 58.1 Å². The standard InChI is InChI=1S/C18H19ClN4OS/c1-13(10-23-11-15(19)9-21-23)18(24)20-8-7-17-22-16(12-25-17)14-5-3-2-4-6-14/h2-6,9,11-13H,7-8,10H2,1H3,(H,20,24)/t13-/m1/s1. The Balaban J connectivity index is 1.46. The molecular weight excluding hydrogens is 356 g/mol. The first-order valence-corrected chi connectivity index (χ1v) is 9.33. The molecule has 0 saturated carbocycles. The molecular formula is C18H19ClN4OS. The summed E-state index contributed by atoms with van der Waals surface area (Å²) in [5.41, 5.74) is 2.09. The van der Waals surface area contributed by atoms with Crippen molar-refractivity contribution in [3.63, 3.8) is 0 Å². The highest BCUT2D eigenvalue weighted by molar-refractivity contribution is 7.09. The van der Waals surface area contributed by atoms with E-state index in [1.807, 2.05) is 37.3 Å². The average molecular weight is 375 g/mol. The quantitative estimate of drug-likeness (QED) is 0.686. The van der Waals surface area contributed by atoms with Gasteiger partial charge in [-0.15, -0.1) is 11.3 Å². The van der Waals surface area contributed by atoms with Gasteiger partial charge in [-0.3, -0.25) is 9.48 Å². The molecule has 0 saturated heterocycles. The van der Waals surface area contributed by atoms with E-state index in [0.717, 1.165) is 22.7 Å². The van der Waals surface area contributed by atoms with Gasteiger partial charge in [0.1, 0.15) is 0 Å². The van der Waals surface area contributed by atoms with E-state index in [1.165, 1.54) is 0 Å². The average Bonchev–Trinajstić information content (AvgIpc) is 3.25. The van der Waals surface area contributed by atoms with Crippen molar-refractivity contribution < 1.29 is 4.79 Å². The Labute approximate surface area is 155 Å². The fourth-order valence-electron chi connectivity index (χ4n) is 2.44. The van der Waals surface area contributed by atoms with E-state index in [4.69, 9.17) is 11.6 Å². The predicted octanol–water partition coefficient (Wildman–Crippen LogP) is 3.66. The lowest BCUT2D eigenvalue weighted by Crippen LogP contribution is -2.33. The molecule has 130 valence electrons. The monoisotopic (exact) mass is 374 g/mol. The SMILES string of the molecule is C[C@H](Cn1cc(Cl)cn1)C(=O)NCCc1nc(-c2ccccc2)cs1. The molecule has 0 aliphatic carbocycles. The van der Waals surface area contributed by atoms with E-state index in [1.54, 1.807) is 28.4 Å². The van der Waals surface area contributed by atoms with Gasteiger partial charge < -0.3 is 5.32 Å². The molecule has 0 aliphatic rings. The number of hydrogen-bond acceptors (Lipinski definition) is 4. The van der Waals surface area contributed by atoms with Crippen LogP contribution in [0.2, 0.25) is 5.02 Å². The normalized spacial score (nSPS) is 12.1. The molecule has 1 atom stereocenters. The second-order valence-corrected chi connectivity index (χ2v) is 7.19. The van der Waals surface area contributed by atoms with Crippen molar-refractivity contribution in [2.45, 2.75) is 19.9 Å². The Morgan fingerprint density at radius 2 is 2.16 bits per heavy atom. The van der Waals surface area contributed by atoms with Gasteiger partial charge in [-0.05, 0) is 0 Å². The van der Waals surface area contributed by atoms with E-state index in [-0.39, 0.29) is 11.8 Å². The van der Waals surface area contributed by atoms with Gasteiger partial charge in [-0.2, -0.15) is 5.10 Å². The van der Waals surface area contributed by atoms with Crippen LogP contribution in [0, 0.1) is 5.92 Å². The number of amides is 1. The Kier molecular flexibility index (Phi) is 5.83. The first kappa shape index (κ1) is 17.6. The van der Waals surface area contributed by atoms with Crippen LogP contribution < -0.4 is 5.32 Å². The smallest absolute Gasteiger partial charge is 0.224 e. The minimum absolute atomic E-state index is 0.00598. The van der Waals surface area contributed by atoms with Crippen LogP contribution in [0.25, 0.3) is 11.3 Å². The first-order valence-electron chi connectivity index (χ1n) is 8.07. The lowest BCUT2D eigenvalue weighted by atomic mass is 10.1. The summed E-state index contributed by atoms with van der Waals surface area (Å²) in [5, 5.41) is 10.7. The van der Waals surface area contributed by atoms with Crippen molar-refractivity contribution in [1.29, 1.82) is 0 Å². The number of halogens is 1. The summed E-state index contributed by atoms with van der Waals surface area (Å²) in [6.07, 6.45) is 4.01. The zero-order chi connectivity index (χ0) is 17.6. The van der Waals surface area contributed by atoms with Gasteiger partial charge in [0, 0.05) is 30.1 Å². The highest BCUT2D eigenvalue weighted by atomic mass is 35.5. The number of nitrogens with zero attached hydrogens (tertiary/aromatic N) is 3. The van der Waals surface area contributed by atoms with E-state index in [0.29, 0.717) is 18.1 Å². The van der Waals surface area contributed by atoms with Gasteiger partial charge in [0.15, 0.2) is 0 Å². The van der Waals surface area contributed by atoms with Crippen LogP contribution in [-0.2, 0) is 17.8 Å². The number of benzene rings is 1. The molecule has 5 nitrogen and oxygen atoms in total. The molecule has 0 radical (unpaired) electrons. The zero-order valence-electron chi connectivity index (χ0n) is 13.9. The summed E-state index contributed by atoms with van der Waals surface area (Å²) in [6, 6.07) is 10.1. The number of rotatable bonds is 7. The molecule has 2 heterocycles. The molecule has 0 bridgehead atoms. The molecule has 3 aromatic rings. The Morgan fingerprint density at radius 1 is 1.36 bits per heavy atom. The maximum Gasteiger partial charge on any atom is 0.224 e. The van der Waals surface area contributed by atoms with Crippen LogP contribution in [0.1, 0.15) is 11.9 Å². The molecule has 1 amide bonds. The van der Waals surface area contributed by atoms with E-state index in [2.05, 4.69) is 20.8 Å². The molecule has 1 N–H and O–H groups in total. The first-order chi connectivity index (χ1) is 12.1. The topological polar surface area (TPSA) is 59.8 Å². The molecule has 0 spiro atoms. The van der Waals surface area contributed by atoms with Gasteiger partial charge in [-0.1, -0.05) is 48.9 Å². The Morgan fingerprint density at radius 3 is 2.88 bits per heavy atom. The fourth-order valence-corrected chi connectivity index (χ4v) is 3.40. The van der Waals surface area contributed by atoms with Crippen molar-refractivity contribution in [2.24, 2.45) is 5.92 Å². The summed E-state index contributed by atoms with van der Waals surface area (Å²) in [6.45, 7) is 2.96. The molecule has 0 aliphatic heterocycles. The number of carbonyl (C=O) groups is 1. The molecule has 2 aromatic heterocycles. The van der Waals surface area contributed by atoms with Crippen LogP contribution in [0.3, 0.4) is 0 Å². The van der Waals surface area contributed by atoms with E-state index < -0.39 is 0 Å². The summed E-state index contributed by atoms with van der Waals surface area (Å²) < 4.78 is 1.68. The third-order valence-corrected chi connectivity index (χ3v) is 4.87. The van der Waals surface area contributed by atoms with Crippen LogP contribution in [0.5, 0.6) is 0 Å². The molecule has 0 fully saturated rings. The maximum absolute atomic E-state index is 12.2. The van der Waals surface area contributed by atoms with Crippen LogP contribution in [-0.4, -0.2) is 27.2 Å². The van der Waals surface area contributed by atoms with Gasteiger partial charge in [0.2, 0.25) is 5.91 Å². The number of thiazole rings is 1. The van der Waals surface area contributed by atoms with Crippen LogP contribution in [0.15, 0.2) is 48.1 Å². The molecule has 1 aromatic carbocycles. The van der Waals surface area contributed by atoms with Gasteiger partial charge in [0.25, 0.3) is 0 Å². The minimum atomic E-state index is -0.174. The van der Waals surface area contributed by atoms with Gasteiger partial charge >= 0.3 is 0 Å². The van der Waals surface area contributed by atoms with Crippen molar-refractivity contribution in [3.8, 4) is 11.3 Å². The summed E-state index contributed by atoms with van der Waals surface area (Å²) >= 11 is 7.45. The highest BCUT2D eigenvalue weighted by Crippen LogP contribution is 2.21. The van der Waals surface area contributed by atoms with Gasteiger partial charge in [0.05, 0.1) is 34.4 Å². The predicted molar refractivity (Wildman–Crippen MR) is 101 cm³/mol.